The predicted octanol–water partition coefficient (Wildman–Crippen LogP) is 4.59. The lowest BCUT2D eigenvalue weighted by Crippen LogP contribution is -2.28. The van der Waals surface area contributed by atoms with Crippen molar-refractivity contribution in [2.75, 3.05) is 11.9 Å². The Labute approximate surface area is 111 Å². The molecular formula is C12H18BrClN2. The van der Waals surface area contributed by atoms with Crippen LogP contribution in [0, 0.1) is 11.3 Å². The lowest BCUT2D eigenvalue weighted by molar-refractivity contribution is 0.269. The number of nitrogens with one attached hydrogen (secondary N) is 1. The van der Waals surface area contributed by atoms with Gasteiger partial charge in [0, 0.05) is 17.2 Å². The van der Waals surface area contributed by atoms with Crippen LogP contribution < -0.4 is 5.32 Å². The van der Waals surface area contributed by atoms with Gasteiger partial charge in [-0.3, -0.25) is 0 Å². The monoisotopic (exact) mass is 304 g/mol. The Hall–Kier alpha value is -0.280. The van der Waals surface area contributed by atoms with E-state index in [1.165, 1.54) is 0 Å². The summed E-state index contributed by atoms with van der Waals surface area (Å²) in [5.74, 6) is 1.35. The molecule has 16 heavy (non-hydrogen) atoms. The zero-order valence-corrected chi connectivity index (χ0v) is 12.5. The first-order chi connectivity index (χ1) is 7.33. The van der Waals surface area contributed by atoms with Crippen LogP contribution in [0.25, 0.3) is 0 Å². The molecule has 0 aliphatic carbocycles. The maximum Gasteiger partial charge on any atom is 0.144 e. The molecule has 1 aromatic rings. The molecule has 90 valence electrons. The number of nitrogens with zero attached hydrogens (tertiary/aromatic N) is 1. The Kier molecular flexibility index (Phi) is 4.62. The first kappa shape index (κ1) is 13.8. The van der Waals surface area contributed by atoms with Crippen LogP contribution in [0.4, 0.5) is 5.82 Å². The zero-order chi connectivity index (χ0) is 12.3. The van der Waals surface area contributed by atoms with E-state index >= 15 is 0 Å². The fourth-order valence-electron chi connectivity index (χ4n) is 1.06. The molecule has 1 rings (SSSR count). The largest absolute Gasteiger partial charge is 0.368 e. The minimum Gasteiger partial charge on any atom is -0.368 e. The summed E-state index contributed by atoms with van der Waals surface area (Å²) in [6.45, 7) is 9.77. The molecule has 4 heteroatoms. The molecule has 0 fully saturated rings. The molecule has 0 aliphatic heterocycles. The molecule has 1 N–H and O–H groups in total. The summed E-state index contributed by atoms with van der Waals surface area (Å²) in [5, 5.41) is 3.95. The van der Waals surface area contributed by atoms with Gasteiger partial charge in [-0.15, -0.1) is 0 Å². The first-order valence-electron chi connectivity index (χ1n) is 5.38. The highest BCUT2D eigenvalue weighted by Gasteiger charge is 2.22. The van der Waals surface area contributed by atoms with Crippen LogP contribution in [0.3, 0.4) is 0 Å². The van der Waals surface area contributed by atoms with Crippen molar-refractivity contribution in [3.05, 3.63) is 21.8 Å². The fourth-order valence-corrected chi connectivity index (χ4v) is 1.76. The summed E-state index contributed by atoms with van der Waals surface area (Å²) >= 11 is 9.42. The van der Waals surface area contributed by atoms with Crippen LogP contribution in [0.5, 0.6) is 0 Å². The molecule has 0 atom stereocenters. The highest BCUT2D eigenvalue weighted by molar-refractivity contribution is 9.10. The van der Waals surface area contributed by atoms with E-state index in [1.54, 1.807) is 6.20 Å². The van der Waals surface area contributed by atoms with Crippen LogP contribution in [-0.4, -0.2) is 11.5 Å². The predicted molar refractivity (Wildman–Crippen MR) is 74.1 cm³/mol. The van der Waals surface area contributed by atoms with E-state index < -0.39 is 0 Å². The molecule has 0 aromatic carbocycles. The van der Waals surface area contributed by atoms with Crippen LogP contribution in [0.2, 0.25) is 5.02 Å². The Balaban J connectivity index is 2.68. The van der Waals surface area contributed by atoms with E-state index in [4.69, 9.17) is 11.6 Å². The standard InChI is InChI=1S/C12H18BrClN2/c1-8(2)12(3,4)7-16-11-10(14)5-9(13)6-15-11/h5-6,8H,7H2,1-4H3,(H,15,16). The van der Waals surface area contributed by atoms with Gasteiger partial charge in [-0.25, -0.2) is 4.98 Å². The second-order valence-electron chi connectivity index (χ2n) is 4.98. The van der Waals surface area contributed by atoms with Gasteiger partial charge in [0.1, 0.15) is 5.82 Å². The molecule has 1 aromatic heterocycles. The first-order valence-corrected chi connectivity index (χ1v) is 6.55. The van der Waals surface area contributed by atoms with Crippen molar-refractivity contribution in [1.82, 2.24) is 4.98 Å². The molecular weight excluding hydrogens is 288 g/mol. The molecule has 0 unspecified atom stereocenters. The third-order valence-electron chi connectivity index (χ3n) is 3.08. The average Bonchev–Trinajstić information content (AvgIpc) is 2.16. The number of pyridine rings is 1. The Morgan fingerprint density at radius 1 is 1.50 bits per heavy atom. The highest BCUT2D eigenvalue weighted by atomic mass is 79.9. The number of aromatic nitrogens is 1. The number of anilines is 1. The van der Waals surface area contributed by atoms with E-state index in [0.717, 1.165) is 16.8 Å². The maximum absolute atomic E-state index is 6.08. The van der Waals surface area contributed by atoms with E-state index in [0.29, 0.717) is 10.9 Å². The Morgan fingerprint density at radius 2 is 2.12 bits per heavy atom. The van der Waals surface area contributed by atoms with E-state index in [9.17, 15) is 0 Å². The summed E-state index contributed by atoms with van der Waals surface area (Å²) in [6.07, 6.45) is 1.75. The quantitative estimate of drug-likeness (QED) is 0.880. The van der Waals surface area contributed by atoms with Crippen molar-refractivity contribution < 1.29 is 0 Å². The van der Waals surface area contributed by atoms with Gasteiger partial charge in [0.15, 0.2) is 0 Å². The van der Waals surface area contributed by atoms with Crippen LogP contribution in [-0.2, 0) is 0 Å². The molecule has 0 saturated carbocycles. The van der Waals surface area contributed by atoms with Gasteiger partial charge in [-0.05, 0) is 33.3 Å². The van der Waals surface area contributed by atoms with Crippen LogP contribution in [0.1, 0.15) is 27.7 Å². The summed E-state index contributed by atoms with van der Waals surface area (Å²) in [5.41, 5.74) is 0.220. The summed E-state index contributed by atoms with van der Waals surface area (Å²) in [6, 6.07) is 1.85. The summed E-state index contributed by atoms with van der Waals surface area (Å²) < 4.78 is 0.895. The third kappa shape index (κ3) is 3.63. The van der Waals surface area contributed by atoms with Gasteiger partial charge >= 0.3 is 0 Å². The van der Waals surface area contributed by atoms with Crippen molar-refractivity contribution in [2.24, 2.45) is 11.3 Å². The van der Waals surface area contributed by atoms with Crippen LogP contribution in [0.15, 0.2) is 16.7 Å². The molecule has 0 spiro atoms. The second kappa shape index (κ2) is 5.37. The molecule has 0 aliphatic rings. The summed E-state index contributed by atoms with van der Waals surface area (Å²) in [4.78, 5) is 4.25. The normalized spacial score (nSPS) is 11.9. The number of rotatable bonds is 4. The molecule has 0 radical (unpaired) electrons. The minimum absolute atomic E-state index is 0.220. The van der Waals surface area contributed by atoms with Gasteiger partial charge in [-0.1, -0.05) is 39.3 Å². The van der Waals surface area contributed by atoms with E-state index in [2.05, 4.69) is 53.9 Å². The number of hydrogen-bond donors (Lipinski definition) is 1. The smallest absolute Gasteiger partial charge is 0.144 e. The van der Waals surface area contributed by atoms with E-state index in [1.807, 2.05) is 6.07 Å². The molecule has 0 amide bonds. The maximum atomic E-state index is 6.08. The van der Waals surface area contributed by atoms with Gasteiger partial charge in [-0.2, -0.15) is 0 Å². The minimum atomic E-state index is 0.220. The molecule has 1 heterocycles. The fraction of sp³-hybridized carbons (Fsp3) is 0.583. The van der Waals surface area contributed by atoms with E-state index in [-0.39, 0.29) is 5.41 Å². The van der Waals surface area contributed by atoms with Crippen LogP contribution >= 0.6 is 27.5 Å². The van der Waals surface area contributed by atoms with Crippen molar-refractivity contribution in [1.29, 1.82) is 0 Å². The topological polar surface area (TPSA) is 24.9 Å². The van der Waals surface area contributed by atoms with Crippen molar-refractivity contribution in [3.8, 4) is 0 Å². The molecule has 0 saturated heterocycles. The van der Waals surface area contributed by atoms with Gasteiger partial charge < -0.3 is 5.32 Å². The Bertz CT molecular complexity index is 364. The Morgan fingerprint density at radius 3 is 2.62 bits per heavy atom. The average molecular weight is 306 g/mol. The van der Waals surface area contributed by atoms with Gasteiger partial charge in [0.05, 0.1) is 5.02 Å². The van der Waals surface area contributed by atoms with Crippen molar-refractivity contribution in [2.45, 2.75) is 27.7 Å². The lowest BCUT2D eigenvalue weighted by Gasteiger charge is -2.29. The zero-order valence-electron chi connectivity index (χ0n) is 10.1. The third-order valence-corrected chi connectivity index (χ3v) is 3.80. The number of halogens is 2. The van der Waals surface area contributed by atoms with Gasteiger partial charge in [0.2, 0.25) is 0 Å². The number of hydrogen-bond acceptors (Lipinski definition) is 2. The highest BCUT2D eigenvalue weighted by Crippen LogP contribution is 2.28. The second-order valence-corrected chi connectivity index (χ2v) is 6.30. The van der Waals surface area contributed by atoms with Gasteiger partial charge in [0.25, 0.3) is 0 Å². The lowest BCUT2D eigenvalue weighted by atomic mass is 9.81. The SMILES string of the molecule is CC(C)C(C)(C)CNc1ncc(Br)cc1Cl. The molecule has 0 bridgehead atoms. The van der Waals surface area contributed by atoms with Crippen molar-refractivity contribution >= 4 is 33.3 Å². The van der Waals surface area contributed by atoms with Crippen molar-refractivity contribution in [3.63, 3.8) is 0 Å². The molecule has 2 nitrogen and oxygen atoms in total. The summed E-state index contributed by atoms with van der Waals surface area (Å²) in [7, 11) is 0.